The molecule has 0 unspecified atom stereocenters. The molecule has 30 heavy (non-hydrogen) atoms. The number of piperidine rings is 1. The summed E-state index contributed by atoms with van der Waals surface area (Å²) in [5.41, 5.74) is 7.16. The molecule has 2 heterocycles. The highest BCUT2D eigenvalue weighted by Gasteiger charge is 2.28. The van der Waals surface area contributed by atoms with Gasteiger partial charge in [-0.2, -0.15) is 13.2 Å². The molecule has 0 bridgehead atoms. The van der Waals surface area contributed by atoms with Crippen molar-refractivity contribution in [3.05, 3.63) is 29.8 Å². The molecule has 0 spiro atoms. The number of anilines is 1. The summed E-state index contributed by atoms with van der Waals surface area (Å²) in [6, 6.07) is 7.63. The fourth-order valence-corrected chi connectivity index (χ4v) is 4.09. The van der Waals surface area contributed by atoms with E-state index in [2.05, 4.69) is 14.8 Å². The zero-order chi connectivity index (χ0) is 21.7. The zero-order valence-electron chi connectivity index (χ0n) is 16.8. The Morgan fingerprint density at radius 2 is 1.67 bits per heavy atom. The van der Waals surface area contributed by atoms with Gasteiger partial charge in [-0.3, -0.25) is 19.6 Å². The summed E-state index contributed by atoms with van der Waals surface area (Å²) in [6.07, 6.45) is -2.39. The standard InChI is InChI=1S/C20H28F3N5O2/c21-20(22,23)14-25-19(24)15-1-3-16(4-2-15)27-9-11-28(12-10-27)17-5-7-26(8-6-17)13-18(29)30/h1-4,17H,5-14H2,(H2,24,25)(H,29,30). The number of aliphatic carboxylic acids is 1. The van der Waals surface area contributed by atoms with Crippen LogP contribution in [0.1, 0.15) is 18.4 Å². The largest absolute Gasteiger partial charge is 0.480 e. The van der Waals surface area contributed by atoms with E-state index in [1.807, 2.05) is 17.0 Å². The van der Waals surface area contributed by atoms with Crippen LogP contribution in [0.25, 0.3) is 0 Å². The normalized spacial score (nSPS) is 20.5. The summed E-state index contributed by atoms with van der Waals surface area (Å²) < 4.78 is 36.8. The number of hydrogen-bond donors (Lipinski definition) is 2. The van der Waals surface area contributed by atoms with Gasteiger partial charge in [0.1, 0.15) is 12.4 Å². The topological polar surface area (TPSA) is 85.4 Å². The predicted molar refractivity (Wildman–Crippen MR) is 109 cm³/mol. The Morgan fingerprint density at radius 1 is 1.07 bits per heavy atom. The maximum atomic E-state index is 12.3. The number of nitrogens with zero attached hydrogens (tertiary/aromatic N) is 4. The van der Waals surface area contributed by atoms with Gasteiger partial charge in [0.2, 0.25) is 0 Å². The Bertz CT molecular complexity index is 738. The molecule has 2 aliphatic heterocycles. The molecule has 0 atom stereocenters. The summed E-state index contributed by atoms with van der Waals surface area (Å²) in [4.78, 5) is 21.0. The number of likely N-dealkylation sites (tertiary alicyclic amines) is 1. The van der Waals surface area contributed by atoms with Gasteiger partial charge in [0.25, 0.3) is 0 Å². The Kier molecular flexibility index (Phi) is 7.19. The number of carbonyl (C=O) groups is 1. The first-order valence-corrected chi connectivity index (χ1v) is 10.1. The van der Waals surface area contributed by atoms with Crippen molar-refractivity contribution in [2.75, 3.05) is 57.3 Å². The van der Waals surface area contributed by atoms with Gasteiger partial charge >= 0.3 is 12.1 Å². The molecule has 3 rings (SSSR count). The molecular formula is C20H28F3N5O2. The zero-order valence-corrected chi connectivity index (χ0v) is 16.8. The van der Waals surface area contributed by atoms with E-state index < -0.39 is 18.7 Å². The van der Waals surface area contributed by atoms with Gasteiger partial charge < -0.3 is 15.7 Å². The summed E-state index contributed by atoms with van der Waals surface area (Å²) >= 11 is 0. The first-order valence-electron chi connectivity index (χ1n) is 10.1. The lowest BCUT2D eigenvalue weighted by atomic mass is 10.0. The van der Waals surface area contributed by atoms with Crippen LogP contribution in [-0.4, -0.2) is 91.3 Å². The van der Waals surface area contributed by atoms with E-state index in [1.165, 1.54) is 0 Å². The smallest absolute Gasteiger partial charge is 0.408 e. The monoisotopic (exact) mass is 427 g/mol. The minimum atomic E-state index is -4.36. The number of amidine groups is 1. The summed E-state index contributed by atoms with van der Waals surface area (Å²) in [5.74, 6) is -0.889. The van der Waals surface area contributed by atoms with Gasteiger partial charge in [-0.1, -0.05) is 0 Å². The van der Waals surface area contributed by atoms with Crippen molar-refractivity contribution in [3.8, 4) is 0 Å². The molecule has 10 heteroatoms. The van der Waals surface area contributed by atoms with Crippen LogP contribution < -0.4 is 10.6 Å². The van der Waals surface area contributed by atoms with E-state index in [9.17, 15) is 18.0 Å². The summed E-state index contributed by atoms with van der Waals surface area (Å²) in [7, 11) is 0. The predicted octanol–water partition coefficient (Wildman–Crippen LogP) is 1.63. The van der Waals surface area contributed by atoms with Crippen molar-refractivity contribution >= 4 is 17.5 Å². The van der Waals surface area contributed by atoms with Gasteiger partial charge in [0, 0.05) is 56.6 Å². The number of benzene rings is 1. The lowest BCUT2D eigenvalue weighted by Crippen LogP contribution is -2.53. The highest BCUT2D eigenvalue weighted by molar-refractivity contribution is 5.97. The van der Waals surface area contributed by atoms with Crippen LogP contribution in [-0.2, 0) is 4.79 Å². The molecule has 0 aliphatic carbocycles. The number of nitrogens with two attached hydrogens (primary N) is 1. The van der Waals surface area contributed by atoms with Crippen molar-refractivity contribution in [1.29, 1.82) is 0 Å². The van der Waals surface area contributed by atoms with Crippen LogP contribution in [0.5, 0.6) is 0 Å². The van der Waals surface area contributed by atoms with E-state index >= 15 is 0 Å². The molecule has 1 aromatic carbocycles. The molecule has 0 radical (unpaired) electrons. The lowest BCUT2D eigenvalue weighted by Gasteiger charge is -2.43. The van der Waals surface area contributed by atoms with Crippen molar-refractivity contribution < 1.29 is 23.1 Å². The van der Waals surface area contributed by atoms with Crippen molar-refractivity contribution in [2.24, 2.45) is 10.7 Å². The van der Waals surface area contributed by atoms with Crippen LogP contribution in [0.2, 0.25) is 0 Å². The number of piperazine rings is 1. The van der Waals surface area contributed by atoms with Gasteiger partial charge in [-0.05, 0) is 37.1 Å². The third-order valence-corrected chi connectivity index (χ3v) is 5.70. The lowest BCUT2D eigenvalue weighted by molar-refractivity contribution is -0.138. The van der Waals surface area contributed by atoms with Gasteiger partial charge in [-0.15, -0.1) is 0 Å². The molecule has 3 N–H and O–H groups in total. The maximum Gasteiger partial charge on any atom is 0.408 e. The first kappa shape index (κ1) is 22.4. The fourth-order valence-electron chi connectivity index (χ4n) is 4.09. The van der Waals surface area contributed by atoms with Crippen molar-refractivity contribution in [3.63, 3.8) is 0 Å². The number of aliphatic imine (C=N–C) groups is 1. The average molecular weight is 427 g/mol. The first-order chi connectivity index (χ1) is 14.2. The molecule has 7 nitrogen and oxygen atoms in total. The van der Waals surface area contributed by atoms with E-state index in [0.717, 1.165) is 57.8 Å². The molecule has 0 aromatic heterocycles. The number of hydrogen-bond acceptors (Lipinski definition) is 5. The molecule has 0 saturated carbocycles. The summed E-state index contributed by atoms with van der Waals surface area (Å²) in [5, 5.41) is 8.91. The Labute approximate surface area is 173 Å². The van der Waals surface area contributed by atoms with Crippen molar-refractivity contribution in [2.45, 2.75) is 25.1 Å². The van der Waals surface area contributed by atoms with Gasteiger partial charge in [-0.25, -0.2) is 0 Å². The van der Waals surface area contributed by atoms with E-state index in [1.54, 1.807) is 12.1 Å². The molecule has 2 saturated heterocycles. The Hall–Kier alpha value is -2.33. The number of alkyl halides is 3. The van der Waals surface area contributed by atoms with Crippen LogP contribution in [0.4, 0.5) is 18.9 Å². The molecule has 2 fully saturated rings. The molecule has 1 aromatic rings. The molecule has 166 valence electrons. The van der Waals surface area contributed by atoms with Crippen LogP contribution in [0, 0.1) is 0 Å². The van der Waals surface area contributed by atoms with E-state index in [-0.39, 0.29) is 12.4 Å². The van der Waals surface area contributed by atoms with Crippen molar-refractivity contribution in [1.82, 2.24) is 9.80 Å². The van der Waals surface area contributed by atoms with Crippen LogP contribution in [0.15, 0.2) is 29.3 Å². The number of carboxylic acids is 1. The quantitative estimate of drug-likeness (QED) is 0.530. The fraction of sp³-hybridized carbons (Fsp3) is 0.600. The van der Waals surface area contributed by atoms with E-state index in [4.69, 9.17) is 10.8 Å². The van der Waals surface area contributed by atoms with Crippen LogP contribution in [0.3, 0.4) is 0 Å². The molecular weight excluding hydrogens is 399 g/mol. The SMILES string of the molecule is NC(=NCC(F)(F)F)c1ccc(N2CCN(C3CCN(CC(=O)O)CC3)CC2)cc1. The number of rotatable bonds is 6. The van der Waals surface area contributed by atoms with Crippen LogP contribution >= 0.6 is 0 Å². The second-order valence-electron chi connectivity index (χ2n) is 7.79. The average Bonchev–Trinajstić information content (AvgIpc) is 2.72. The molecule has 0 amide bonds. The second-order valence-corrected chi connectivity index (χ2v) is 7.79. The number of halogens is 3. The Morgan fingerprint density at radius 3 is 2.20 bits per heavy atom. The highest BCUT2D eigenvalue weighted by atomic mass is 19.4. The molecule has 2 aliphatic rings. The third-order valence-electron chi connectivity index (χ3n) is 5.70. The third kappa shape index (κ3) is 6.33. The number of carboxylic acid groups (broad SMARTS) is 1. The highest BCUT2D eigenvalue weighted by Crippen LogP contribution is 2.22. The minimum Gasteiger partial charge on any atom is -0.480 e. The van der Waals surface area contributed by atoms with Gasteiger partial charge in [0.05, 0.1) is 6.54 Å². The maximum absolute atomic E-state index is 12.3. The van der Waals surface area contributed by atoms with E-state index in [0.29, 0.717) is 11.6 Å². The van der Waals surface area contributed by atoms with Gasteiger partial charge in [0.15, 0.2) is 0 Å². The second kappa shape index (κ2) is 9.65. The minimum absolute atomic E-state index is 0.113. The summed E-state index contributed by atoms with van der Waals surface area (Å²) in [6.45, 7) is 4.06. The Balaban J connectivity index is 1.48.